The minimum atomic E-state index is 1.02. The van der Waals surface area contributed by atoms with Crippen molar-refractivity contribution in [2.24, 2.45) is 0 Å². The summed E-state index contributed by atoms with van der Waals surface area (Å²) in [6.07, 6.45) is 7.47. The summed E-state index contributed by atoms with van der Waals surface area (Å²) in [5, 5.41) is 3.44. The average molecular weight is 280 g/mol. The summed E-state index contributed by atoms with van der Waals surface area (Å²) in [6.45, 7) is 3.27. The fourth-order valence-electron chi connectivity index (χ4n) is 2.48. The second-order valence-electron chi connectivity index (χ2n) is 5.59. The van der Waals surface area contributed by atoms with Crippen molar-refractivity contribution in [2.75, 3.05) is 11.9 Å². The lowest BCUT2D eigenvalue weighted by Gasteiger charge is -2.07. The number of benzene rings is 2. The van der Waals surface area contributed by atoms with Crippen LogP contribution in [0.4, 0.5) is 5.69 Å². The minimum absolute atomic E-state index is 1.02. The molecule has 0 unspecified atom stereocenters. The van der Waals surface area contributed by atoms with E-state index >= 15 is 0 Å². The van der Waals surface area contributed by atoms with Crippen molar-refractivity contribution in [2.45, 2.75) is 45.4 Å². The summed E-state index contributed by atoms with van der Waals surface area (Å²) in [5.41, 5.74) is 4.10. The van der Waals surface area contributed by atoms with Crippen molar-refractivity contribution in [1.29, 1.82) is 0 Å². The van der Waals surface area contributed by atoms with Gasteiger partial charge in [0.05, 0.1) is 0 Å². The highest BCUT2D eigenvalue weighted by Crippen LogP contribution is 2.11. The minimum Gasteiger partial charge on any atom is -0.385 e. The molecule has 111 valence electrons. The summed E-state index contributed by atoms with van der Waals surface area (Å²) in [7, 11) is 0. The van der Waals surface area contributed by atoms with Gasteiger partial charge in [-0.1, -0.05) is 56.2 Å². The molecule has 0 saturated carbocycles. The molecule has 0 saturated heterocycles. The summed E-state index contributed by atoms with van der Waals surface area (Å²) in [4.78, 5) is 0. The molecular weight excluding hydrogens is 254 g/mol. The average Bonchev–Trinajstić information content (AvgIpc) is 2.54. The zero-order chi connectivity index (χ0) is 14.8. The molecule has 1 heteroatoms. The second-order valence-corrected chi connectivity index (χ2v) is 5.59. The number of rotatable bonds is 9. The lowest BCUT2D eigenvalue weighted by Crippen LogP contribution is -2.02. The Labute approximate surface area is 129 Å². The van der Waals surface area contributed by atoms with Crippen LogP contribution in [0.25, 0.3) is 0 Å². The fourth-order valence-corrected chi connectivity index (χ4v) is 2.48. The summed E-state index contributed by atoms with van der Waals surface area (Å²) >= 11 is 0. The molecule has 2 aromatic rings. The molecule has 0 fully saturated rings. The van der Waals surface area contributed by atoms with Crippen LogP contribution in [0.3, 0.4) is 0 Å². The van der Waals surface area contributed by atoms with Crippen LogP contribution < -0.4 is 5.32 Å². The first kappa shape index (κ1) is 15.6. The Kier molecular flexibility index (Phi) is 6.87. The zero-order valence-electron chi connectivity index (χ0n) is 13.1. The highest BCUT2D eigenvalue weighted by atomic mass is 14.9. The third-order valence-corrected chi connectivity index (χ3v) is 3.78. The van der Waals surface area contributed by atoms with Crippen LogP contribution in [0.1, 0.15) is 43.7 Å². The van der Waals surface area contributed by atoms with Crippen LogP contribution in [0.5, 0.6) is 0 Å². The molecule has 0 heterocycles. The lowest BCUT2D eigenvalue weighted by atomic mass is 10.0. The molecule has 2 rings (SSSR count). The number of unbranched alkanes of at least 4 members (excludes halogenated alkanes) is 2. The summed E-state index contributed by atoms with van der Waals surface area (Å²) in [5.74, 6) is 0. The second kappa shape index (κ2) is 9.23. The first-order chi connectivity index (χ1) is 10.4. The SMILES string of the molecule is CCCCCc1ccc(CCCNc2cc[c]cc2)cc1. The third-order valence-electron chi connectivity index (χ3n) is 3.78. The smallest absolute Gasteiger partial charge is 0.0340 e. The van der Waals surface area contributed by atoms with E-state index in [9.17, 15) is 0 Å². The maximum atomic E-state index is 3.44. The van der Waals surface area contributed by atoms with Gasteiger partial charge in [0, 0.05) is 12.2 Å². The highest BCUT2D eigenvalue weighted by molar-refractivity contribution is 5.41. The lowest BCUT2D eigenvalue weighted by molar-refractivity contribution is 0.717. The predicted octanol–water partition coefficient (Wildman–Crippen LogP) is 5.26. The van der Waals surface area contributed by atoms with Gasteiger partial charge in [-0.2, -0.15) is 0 Å². The van der Waals surface area contributed by atoms with Crippen molar-refractivity contribution in [3.05, 3.63) is 65.7 Å². The molecule has 0 atom stereocenters. The molecule has 0 aliphatic carbocycles. The van der Waals surface area contributed by atoms with Gasteiger partial charge in [-0.3, -0.25) is 0 Å². The molecule has 2 aromatic carbocycles. The van der Waals surface area contributed by atoms with E-state index in [2.05, 4.69) is 54.7 Å². The molecule has 0 amide bonds. The highest BCUT2D eigenvalue weighted by Gasteiger charge is 1.96. The van der Waals surface area contributed by atoms with Crippen molar-refractivity contribution in [3.63, 3.8) is 0 Å². The van der Waals surface area contributed by atoms with Crippen LogP contribution in [-0.2, 0) is 12.8 Å². The summed E-state index contributed by atoms with van der Waals surface area (Å²) < 4.78 is 0. The molecule has 1 radical (unpaired) electrons. The van der Waals surface area contributed by atoms with Crippen molar-refractivity contribution in [3.8, 4) is 0 Å². The van der Waals surface area contributed by atoms with Gasteiger partial charge in [0.15, 0.2) is 0 Å². The Morgan fingerprint density at radius 3 is 2.05 bits per heavy atom. The van der Waals surface area contributed by atoms with E-state index < -0.39 is 0 Å². The summed E-state index contributed by atoms with van der Waals surface area (Å²) in [6, 6.07) is 20.2. The van der Waals surface area contributed by atoms with Gasteiger partial charge in [-0.25, -0.2) is 0 Å². The molecule has 1 N–H and O–H groups in total. The van der Waals surface area contributed by atoms with Crippen LogP contribution in [0.2, 0.25) is 0 Å². The van der Waals surface area contributed by atoms with Gasteiger partial charge in [-0.05, 0) is 55.0 Å². The number of anilines is 1. The molecular formula is C20H26N. The number of hydrogen-bond donors (Lipinski definition) is 1. The van der Waals surface area contributed by atoms with Gasteiger partial charge in [0.25, 0.3) is 0 Å². The first-order valence-corrected chi connectivity index (χ1v) is 8.16. The third kappa shape index (κ3) is 6.03. The van der Waals surface area contributed by atoms with Gasteiger partial charge < -0.3 is 5.32 Å². The number of hydrogen-bond acceptors (Lipinski definition) is 1. The van der Waals surface area contributed by atoms with Crippen molar-refractivity contribution in [1.82, 2.24) is 0 Å². The normalized spacial score (nSPS) is 10.5. The standard InChI is InChI=1S/C20H26N/c1-2-3-5-9-18-13-15-19(16-14-18)10-8-17-21-20-11-6-4-7-12-20/h6-7,11-16,21H,2-3,5,8-10,17H2,1H3. The molecule has 0 spiro atoms. The molecule has 21 heavy (non-hydrogen) atoms. The molecule has 0 aromatic heterocycles. The van der Waals surface area contributed by atoms with Crippen LogP contribution in [0, 0.1) is 6.07 Å². The van der Waals surface area contributed by atoms with Crippen LogP contribution in [0.15, 0.2) is 48.5 Å². The van der Waals surface area contributed by atoms with E-state index in [0.717, 1.165) is 19.4 Å². The topological polar surface area (TPSA) is 12.0 Å². The number of nitrogens with one attached hydrogen (secondary N) is 1. The Bertz CT molecular complexity index is 487. The van der Waals surface area contributed by atoms with E-state index in [1.54, 1.807) is 0 Å². The van der Waals surface area contributed by atoms with Gasteiger partial charge in [-0.15, -0.1) is 0 Å². The Balaban J connectivity index is 1.66. The van der Waals surface area contributed by atoms with Gasteiger partial charge >= 0.3 is 0 Å². The molecule has 0 bridgehead atoms. The fraction of sp³-hybridized carbons (Fsp3) is 0.400. The van der Waals surface area contributed by atoms with Crippen LogP contribution in [-0.4, -0.2) is 6.54 Å². The van der Waals surface area contributed by atoms with Gasteiger partial charge in [0.1, 0.15) is 0 Å². The van der Waals surface area contributed by atoms with E-state index in [1.807, 2.05) is 12.1 Å². The maximum Gasteiger partial charge on any atom is 0.0340 e. The molecule has 0 aliphatic heterocycles. The van der Waals surface area contributed by atoms with E-state index in [0.29, 0.717) is 0 Å². The molecule has 0 aliphatic rings. The van der Waals surface area contributed by atoms with Crippen LogP contribution >= 0.6 is 0 Å². The largest absolute Gasteiger partial charge is 0.385 e. The first-order valence-electron chi connectivity index (χ1n) is 8.16. The van der Waals surface area contributed by atoms with Crippen molar-refractivity contribution < 1.29 is 0 Å². The van der Waals surface area contributed by atoms with Gasteiger partial charge in [0.2, 0.25) is 0 Å². The van der Waals surface area contributed by atoms with E-state index in [1.165, 1.54) is 42.5 Å². The Morgan fingerprint density at radius 1 is 0.810 bits per heavy atom. The number of aryl methyl sites for hydroxylation is 2. The molecule has 1 nitrogen and oxygen atoms in total. The predicted molar refractivity (Wildman–Crippen MR) is 91.8 cm³/mol. The Hall–Kier alpha value is -1.76. The maximum absolute atomic E-state index is 3.44. The quantitative estimate of drug-likeness (QED) is 0.617. The zero-order valence-corrected chi connectivity index (χ0v) is 13.1. The van der Waals surface area contributed by atoms with Crippen molar-refractivity contribution >= 4 is 5.69 Å². The van der Waals surface area contributed by atoms with E-state index in [4.69, 9.17) is 0 Å². The Morgan fingerprint density at radius 2 is 1.43 bits per heavy atom. The monoisotopic (exact) mass is 280 g/mol. The van der Waals surface area contributed by atoms with E-state index in [-0.39, 0.29) is 0 Å².